The molecule has 4 nitrogen and oxygen atoms in total. The molecule has 2 aromatic carbocycles. The summed E-state index contributed by atoms with van der Waals surface area (Å²) in [5, 5.41) is 2.64. The molecular formula is C14H11NO3S. The summed E-state index contributed by atoms with van der Waals surface area (Å²) >= 11 is 0. The van der Waals surface area contributed by atoms with E-state index in [0.717, 1.165) is 5.56 Å². The van der Waals surface area contributed by atoms with Crippen molar-refractivity contribution in [3.8, 4) is 0 Å². The van der Waals surface area contributed by atoms with E-state index in [0.29, 0.717) is 5.69 Å². The first-order valence-corrected chi connectivity index (χ1v) is 7.24. The molecule has 5 heteroatoms. The minimum atomic E-state index is -3.68. The van der Waals surface area contributed by atoms with Gasteiger partial charge in [0.2, 0.25) is 9.84 Å². The molecule has 0 saturated heterocycles. The summed E-state index contributed by atoms with van der Waals surface area (Å²) < 4.78 is 25.2. The fourth-order valence-corrected chi connectivity index (χ4v) is 3.85. The first-order valence-electron chi connectivity index (χ1n) is 5.76. The van der Waals surface area contributed by atoms with Crippen LogP contribution in [0.15, 0.2) is 52.3 Å². The predicted molar refractivity (Wildman–Crippen MR) is 71.0 cm³/mol. The zero-order chi connectivity index (χ0) is 13.6. The highest BCUT2D eigenvalue weighted by Gasteiger charge is 2.30. The van der Waals surface area contributed by atoms with Gasteiger partial charge in [0, 0.05) is 0 Å². The number of aryl methyl sites for hydroxylation is 1. The van der Waals surface area contributed by atoms with Gasteiger partial charge in [0.25, 0.3) is 5.91 Å². The smallest absolute Gasteiger partial charge is 0.257 e. The first kappa shape index (κ1) is 11.9. The highest BCUT2D eigenvalue weighted by atomic mass is 32.2. The number of carbonyl (C=O) groups excluding carboxylic acids is 1. The summed E-state index contributed by atoms with van der Waals surface area (Å²) in [6.45, 7) is 1.81. The van der Waals surface area contributed by atoms with E-state index in [1.807, 2.05) is 6.92 Å². The summed E-state index contributed by atoms with van der Waals surface area (Å²) in [6.07, 6.45) is 0. The topological polar surface area (TPSA) is 63.2 Å². The Bertz CT molecular complexity index is 794. The van der Waals surface area contributed by atoms with Crippen molar-refractivity contribution >= 4 is 21.4 Å². The molecule has 3 rings (SSSR count). The zero-order valence-corrected chi connectivity index (χ0v) is 11.0. The largest absolute Gasteiger partial charge is 0.321 e. The molecular weight excluding hydrogens is 262 g/mol. The Balaban J connectivity index is 2.42. The molecule has 1 aliphatic rings. The fourth-order valence-electron chi connectivity index (χ4n) is 2.15. The van der Waals surface area contributed by atoms with Crippen LogP contribution in [0.25, 0.3) is 0 Å². The van der Waals surface area contributed by atoms with Gasteiger partial charge in [-0.1, -0.05) is 18.2 Å². The molecule has 0 saturated carbocycles. The standard InChI is InChI=1S/C14H11NO3S/c1-9-6-7-11-13(8-9)19(17,18)12-5-3-2-4-10(12)14(16)15-11/h2-8H,1H3,(H,15,16). The number of anilines is 1. The second-order valence-electron chi connectivity index (χ2n) is 4.45. The van der Waals surface area contributed by atoms with Gasteiger partial charge in [0.15, 0.2) is 0 Å². The SMILES string of the molecule is Cc1ccc2c(c1)S(=O)(=O)c1ccccc1C(=O)N2. The third kappa shape index (κ3) is 1.74. The Morgan fingerprint density at radius 1 is 1.00 bits per heavy atom. The summed E-state index contributed by atoms with van der Waals surface area (Å²) in [5.41, 5.74) is 1.33. The Morgan fingerprint density at radius 3 is 2.53 bits per heavy atom. The van der Waals surface area contributed by atoms with Crippen molar-refractivity contribution in [2.75, 3.05) is 5.32 Å². The Labute approximate surface area is 111 Å². The molecule has 1 heterocycles. The highest BCUT2D eigenvalue weighted by molar-refractivity contribution is 7.91. The molecule has 0 fully saturated rings. The van der Waals surface area contributed by atoms with E-state index in [1.165, 1.54) is 12.1 Å². The van der Waals surface area contributed by atoms with Crippen LogP contribution in [-0.4, -0.2) is 14.3 Å². The average molecular weight is 273 g/mol. The third-order valence-corrected chi connectivity index (χ3v) is 4.95. The van der Waals surface area contributed by atoms with Crippen LogP contribution in [0.5, 0.6) is 0 Å². The van der Waals surface area contributed by atoms with E-state index >= 15 is 0 Å². The number of sulfone groups is 1. The summed E-state index contributed by atoms with van der Waals surface area (Å²) in [7, 11) is -3.68. The van der Waals surface area contributed by atoms with Crippen LogP contribution < -0.4 is 5.32 Å². The number of fused-ring (bicyclic) bond motifs is 2. The van der Waals surface area contributed by atoms with Gasteiger partial charge in [-0.05, 0) is 36.8 Å². The Kier molecular flexibility index (Phi) is 2.46. The molecule has 96 valence electrons. The second-order valence-corrected chi connectivity index (χ2v) is 6.34. The van der Waals surface area contributed by atoms with Crippen LogP contribution in [0.2, 0.25) is 0 Å². The van der Waals surface area contributed by atoms with Gasteiger partial charge < -0.3 is 5.32 Å². The van der Waals surface area contributed by atoms with Gasteiger partial charge in [-0.2, -0.15) is 0 Å². The molecule has 1 N–H and O–H groups in total. The highest BCUT2D eigenvalue weighted by Crippen LogP contribution is 2.33. The van der Waals surface area contributed by atoms with Crippen molar-refractivity contribution in [2.24, 2.45) is 0 Å². The van der Waals surface area contributed by atoms with Crippen molar-refractivity contribution in [3.05, 3.63) is 53.6 Å². The van der Waals surface area contributed by atoms with E-state index in [-0.39, 0.29) is 15.4 Å². The van der Waals surface area contributed by atoms with E-state index in [4.69, 9.17) is 0 Å². The molecule has 0 bridgehead atoms. The van der Waals surface area contributed by atoms with Crippen LogP contribution in [0.3, 0.4) is 0 Å². The number of benzene rings is 2. The van der Waals surface area contributed by atoms with Crippen LogP contribution in [0.4, 0.5) is 5.69 Å². The summed E-state index contributed by atoms with van der Waals surface area (Å²) in [6, 6.07) is 11.2. The normalized spacial score (nSPS) is 15.9. The second kappa shape index (κ2) is 3.93. The number of amides is 1. The molecule has 1 amide bonds. The van der Waals surface area contributed by atoms with Crippen molar-refractivity contribution in [3.63, 3.8) is 0 Å². The molecule has 1 aliphatic heterocycles. The third-order valence-electron chi connectivity index (χ3n) is 3.10. The monoisotopic (exact) mass is 273 g/mol. The van der Waals surface area contributed by atoms with Gasteiger partial charge in [-0.3, -0.25) is 4.79 Å². The van der Waals surface area contributed by atoms with Gasteiger partial charge in [0.1, 0.15) is 0 Å². The van der Waals surface area contributed by atoms with Crippen LogP contribution in [0, 0.1) is 6.92 Å². The van der Waals surface area contributed by atoms with Gasteiger partial charge in [-0.25, -0.2) is 8.42 Å². The lowest BCUT2D eigenvalue weighted by Gasteiger charge is -2.07. The molecule has 0 radical (unpaired) electrons. The lowest BCUT2D eigenvalue weighted by atomic mass is 10.2. The minimum absolute atomic E-state index is 0.0526. The number of nitrogens with one attached hydrogen (secondary N) is 1. The summed E-state index contributed by atoms with van der Waals surface area (Å²) in [5.74, 6) is -0.401. The van der Waals surface area contributed by atoms with Crippen LogP contribution in [-0.2, 0) is 9.84 Å². The predicted octanol–water partition coefficient (Wildman–Crippen LogP) is 2.39. The molecule has 2 aromatic rings. The maximum atomic E-state index is 12.6. The van der Waals surface area contributed by atoms with Crippen molar-refractivity contribution in [2.45, 2.75) is 16.7 Å². The van der Waals surface area contributed by atoms with Crippen LogP contribution >= 0.6 is 0 Å². The van der Waals surface area contributed by atoms with Gasteiger partial charge in [-0.15, -0.1) is 0 Å². The minimum Gasteiger partial charge on any atom is -0.321 e. The molecule has 0 aliphatic carbocycles. The molecule has 19 heavy (non-hydrogen) atoms. The number of rotatable bonds is 0. The quantitative estimate of drug-likeness (QED) is 0.801. The van der Waals surface area contributed by atoms with Crippen LogP contribution in [0.1, 0.15) is 15.9 Å². The molecule has 0 aromatic heterocycles. The maximum absolute atomic E-state index is 12.6. The number of carbonyl (C=O) groups is 1. The van der Waals surface area contributed by atoms with E-state index in [9.17, 15) is 13.2 Å². The zero-order valence-electron chi connectivity index (χ0n) is 10.2. The van der Waals surface area contributed by atoms with Crippen molar-refractivity contribution in [1.82, 2.24) is 0 Å². The Morgan fingerprint density at radius 2 is 1.74 bits per heavy atom. The molecule has 0 spiro atoms. The molecule has 0 unspecified atom stereocenters. The average Bonchev–Trinajstić information content (AvgIpc) is 2.47. The van der Waals surface area contributed by atoms with E-state index < -0.39 is 15.7 Å². The summed E-state index contributed by atoms with van der Waals surface area (Å²) in [4.78, 5) is 12.3. The van der Waals surface area contributed by atoms with E-state index in [1.54, 1.807) is 30.3 Å². The Hall–Kier alpha value is -2.14. The maximum Gasteiger partial charge on any atom is 0.257 e. The first-order chi connectivity index (χ1) is 9.00. The lowest BCUT2D eigenvalue weighted by Crippen LogP contribution is -2.11. The van der Waals surface area contributed by atoms with Crippen molar-refractivity contribution < 1.29 is 13.2 Å². The molecule has 0 atom stereocenters. The van der Waals surface area contributed by atoms with E-state index in [2.05, 4.69) is 5.32 Å². The lowest BCUT2D eigenvalue weighted by molar-refractivity contribution is 0.102. The number of hydrogen-bond donors (Lipinski definition) is 1. The van der Waals surface area contributed by atoms with Gasteiger partial charge in [0.05, 0.1) is 21.0 Å². The number of hydrogen-bond acceptors (Lipinski definition) is 3. The van der Waals surface area contributed by atoms with Crippen molar-refractivity contribution in [1.29, 1.82) is 0 Å². The van der Waals surface area contributed by atoms with Gasteiger partial charge >= 0.3 is 0 Å². The fraction of sp³-hybridized carbons (Fsp3) is 0.0714.